The van der Waals surface area contributed by atoms with Gasteiger partial charge in [0.2, 0.25) is 0 Å². The summed E-state index contributed by atoms with van der Waals surface area (Å²) in [5.74, 6) is 1.09. The van der Waals surface area contributed by atoms with E-state index in [4.69, 9.17) is 0 Å². The van der Waals surface area contributed by atoms with E-state index in [1.165, 1.54) is 0 Å². The average Bonchev–Trinajstić information content (AvgIpc) is 3.28. The lowest BCUT2D eigenvalue weighted by atomic mass is 10.1. The van der Waals surface area contributed by atoms with Gasteiger partial charge in [0.1, 0.15) is 11.6 Å². The second kappa shape index (κ2) is 9.01. The first-order valence-corrected chi connectivity index (χ1v) is 11.9. The number of rotatable bonds is 4. The van der Waals surface area contributed by atoms with Crippen molar-refractivity contribution in [2.75, 3.05) is 43.4 Å². The molecule has 5 aromatic rings. The highest BCUT2D eigenvalue weighted by Gasteiger charge is 2.17. The van der Waals surface area contributed by atoms with Crippen LogP contribution in [-0.2, 0) is 0 Å². The van der Waals surface area contributed by atoms with Crippen molar-refractivity contribution >= 4 is 39.3 Å². The largest absolute Gasteiger partial charge is 0.357 e. The molecule has 1 saturated heterocycles. The lowest BCUT2D eigenvalue weighted by Crippen LogP contribution is -2.44. The number of hydrogen-bond donors (Lipinski definition) is 2. The smallest absolute Gasteiger partial charge is 0.257 e. The third-order valence-electron chi connectivity index (χ3n) is 6.58. The zero-order valence-corrected chi connectivity index (χ0v) is 20.2. The predicted octanol–water partition coefficient (Wildman–Crippen LogP) is 3.88. The van der Waals surface area contributed by atoms with E-state index in [0.29, 0.717) is 11.4 Å². The number of likely N-dealkylation sites (N-methyl/N-ethyl adjacent to an activating group) is 1. The van der Waals surface area contributed by atoms with Crippen molar-refractivity contribution in [3.63, 3.8) is 0 Å². The number of pyridine rings is 4. The summed E-state index contributed by atoms with van der Waals surface area (Å²) in [6.07, 6.45) is 7.03. The molecule has 0 aliphatic carbocycles. The number of aryl methyl sites for hydroxylation is 1. The number of carbonyl (C=O) groups is 1. The van der Waals surface area contributed by atoms with Crippen molar-refractivity contribution in [2.24, 2.45) is 0 Å². The molecule has 2 N–H and O–H groups in total. The molecule has 1 fully saturated rings. The minimum absolute atomic E-state index is 0.217. The number of piperazine rings is 1. The van der Waals surface area contributed by atoms with E-state index in [2.05, 4.69) is 53.2 Å². The molecule has 180 valence electrons. The number of H-pyrrole nitrogens is 1. The van der Waals surface area contributed by atoms with Gasteiger partial charge >= 0.3 is 0 Å². The van der Waals surface area contributed by atoms with Gasteiger partial charge in [-0.3, -0.25) is 14.8 Å². The Morgan fingerprint density at radius 3 is 2.61 bits per heavy atom. The number of nitrogens with zero attached hydrogens (tertiary/aromatic N) is 6. The van der Waals surface area contributed by atoms with Crippen LogP contribution in [0.3, 0.4) is 0 Å². The fourth-order valence-electron chi connectivity index (χ4n) is 4.51. The van der Waals surface area contributed by atoms with Crippen LogP contribution in [0.4, 0.5) is 11.6 Å². The normalized spacial score (nSPS) is 14.4. The van der Waals surface area contributed by atoms with Gasteiger partial charge < -0.3 is 20.1 Å². The van der Waals surface area contributed by atoms with E-state index < -0.39 is 0 Å². The molecule has 0 saturated carbocycles. The van der Waals surface area contributed by atoms with Gasteiger partial charge in [-0.25, -0.2) is 9.97 Å². The summed E-state index contributed by atoms with van der Waals surface area (Å²) in [4.78, 5) is 38.9. The van der Waals surface area contributed by atoms with Crippen molar-refractivity contribution in [3.05, 3.63) is 72.4 Å². The molecule has 0 spiro atoms. The zero-order chi connectivity index (χ0) is 24.6. The minimum Gasteiger partial charge on any atom is -0.357 e. The number of amides is 1. The molecule has 36 heavy (non-hydrogen) atoms. The highest BCUT2D eigenvalue weighted by Crippen LogP contribution is 2.25. The quantitative estimate of drug-likeness (QED) is 0.404. The van der Waals surface area contributed by atoms with Crippen LogP contribution >= 0.6 is 0 Å². The summed E-state index contributed by atoms with van der Waals surface area (Å²) in [7, 11) is 2.11. The van der Waals surface area contributed by atoms with E-state index in [1.807, 2.05) is 37.4 Å². The molecule has 6 rings (SSSR count). The van der Waals surface area contributed by atoms with Crippen LogP contribution in [0.25, 0.3) is 33.1 Å². The number of hydrogen-bond acceptors (Lipinski definition) is 7. The Hall–Kier alpha value is -4.37. The molecule has 9 nitrogen and oxygen atoms in total. The molecule has 0 unspecified atom stereocenters. The van der Waals surface area contributed by atoms with Crippen molar-refractivity contribution < 1.29 is 4.79 Å². The van der Waals surface area contributed by atoms with Gasteiger partial charge in [0.05, 0.1) is 16.7 Å². The first-order valence-electron chi connectivity index (χ1n) is 11.9. The van der Waals surface area contributed by atoms with Crippen LogP contribution in [0, 0.1) is 6.92 Å². The summed E-state index contributed by atoms with van der Waals surface area (Å²) in [6.45, 7) is 5.75. The van der Waals surface area contributed by atoms with Gasteiger partial charge in [-0.05, 0) is 55.8 Å². The number of fused-ring (bicyclic) bond motifs is 2. The van der Waals surface area contributed by atoms with Crippen LogP contribution in [0.1, 0.15) is 16.1 Å². The maximum absolute atomic E-state index is 13.0. The number of nitrogens with one attached hydrogen (secondary N) is 2. The number of anilines is 2. The third kappa shape index (κ3) is 4.36. The van der Waals surface area contributed by atoms with Gasteiger partial charge in [0.25, 0.3) is 5.91 Å². The Morgan fingerprint density at radius 2 is 1.75 bits per heavy atom. The first-order chi connectivity index (χ1) is 17.5. The second-order valence-corrected chi connectivity index (χ2v) is 9.24. The van der Waals surface area contributed by atoms with Crippen LogP contribution in [-0.4, -0.2) is 69.0 Å². The Labute approximate surface area is 208 Å². The number of carbonyl (C=O) groups excluding carboxylic acids is 1. The van der Waals surface area contributed by atoms with E-state index in [0.717, 1.165) is 70.8 Å². The first kappa shape index (κ1) is 22.1. The lowest BCUT2D eigenvalue weighted by molar-refractivity contribution is 0.102. The summed E-state index contributed by atoms with van der Waals surface area (Å²) in [5, 5.41) is 4.75. The predicted molar refractivity (Wildman–Crippen MR) is 141 cm³/mol. The Bertz CT molecular complexity index is 1590. The Balaban J connectivity index is 1.24. The topological polar surface area (TPSA) is 103 Å². The SMILES string of the molecule is Cc1cc2ncc(-c3cc4cc(NC(=O)c5ccnc(N6CCN(C)CC6)c5)ncc4cn3)cc2[nH]1. The molecule has 0 aromatic carbocycles. The fraction of sp³-hybridized carbons (Fsp3) is 0.222. The number of aromatic amines is 1. The van der Waals surface area contributed by atoms with E-state index in [1.54, 1.807) is 24.7 Å². The van der Waals surface area contributed by atoms with Crippen molar-refractivity contribution in [1.82, 2.24) is 29.8 Å². The minimum atomic E-state index is -0.217. The van der Waals surface area contributed by atoms with Gasteiger partial charge in [-0.1, -0.05) is 0 Å². The Kier molecular flexibility index (Phi) is 5.54. The summed E-state index contributed by atoms with van der Waals surface area (Å²) < 4.78 is 0. The standard InChI is InChI=1S/C27H26N8O/c1-17-9-23-24(32-17)11-20(14-30-23)22-10-19-12-25(31-16-21(19)15-29-22)33-27(36)18-3-4-28-26(13-18)35-7-5-34(2)6-8-35/h3-4,9-16,32H,5-8H2,1-2H3,(H,31,33,36). The van der Waals surface area contributed by atoms with Crippen molar-refractivity contribution in [1.29, 1.82) is 0 Å². The lowest BCUT2D eigenvalue weighted by Gasteiger charge is -2.33. The van der Waals surface area contributed by atoms with Gasteiger partial charge in [0.15, 0.2) is 0 Å². The van der Waals surface area contributed by atoms with E-state index >= 15 is 0 Å². The molecule has 0 bridgehead atoms. The summed E-state index contributed by atoms with van der Waals surface area (Å²) in [6, 6.07) is 11.5. The maximum Gasteiger partial charge on any atom is 0.257 e. The molecule has 1 aliphatic rings. The molecule has 6 heterocycles. The molecule has 5 aromatic heterocycles. The zero-order valence-electron chi connectivity index (χ0n) is 20.2. The van der Waals surface area contributed by atoms with Crippen LogP contribution in [0.5, 0.6) is 0 Å². The molecule has 0 atom stereocenters. The van der Waals surface area contributed by atoms with Crippen molar-refractivity contribution in [2.45, 2.75) is 6.92 Å². The van der Waals surface area contributed by atoms with Gasteiger partial charge in [-0.2, -0.15) is 0 Å². The molecule has 1 aliphatic heterocycles. The van der Waals surface area contributed by atoms with Gasteiger partial charge in [-0.15, -0.1) is 0 Å². The second-order valence-electron chi connectivity index (χ2n) is 9.24. The Morgan fingerprint density at radius 1 is 0.917 bits per heavy atom. The molecule has 0 radical (unpaired) electrons. The van der Waals surface area contributed by atoms with Gasteiger partial charge in [0, 0.05) is 73.2 Å². The highest BCUT2D eigenvalue weighted by molar-refractivity contribution is 6.05. The number of aromatic nitrogens is 5. The average molecular weight is 479 g/mol. The molecular formula is C27H26N8O. The van der Waals surface area contributed by atoms with Crippen LogP contribution in [0.2, 0.25) is 0 Å². The molecular weight excluding hydrogens is 452 g/mol. The highest BCUT2D eigenvalue weighted by atomic mass is 16.1. The van der Waals surface area contributed by atoms with Crippen LogP contribution < -0.4 is 10.2 Å². The molecule has 1 amide bonds. The van der Waals surface area contributed by atoms with E-state index in [9.17, 15) is 4.79 Å². The molecule has 9 heteroatoms. The third-order valence-corrected chi connectivity index (χ3v) is 6.58. The van der Waals surface area contributed by atoms with Crippen LogP contribution in [0.15, 0.2) is 61.2 Å². The summed E-state index contributed by atoms with van der Waals surface area (Å²) in [5.41, 5.74) is 5.25. The maximum atomic E-state index is 13.0. The van der Waals surface area contributed by atoms with Crippen molar-refractivity contribution in [3.8, 4) is 11.3 Å². The monoisotopic (exact) mass is 478 g/mol. The van der Waals surface area contributed by atoms with E-state index in [-0.39, 0.29) is 5.91 Å². The fourth-order valence-corrected chi connectivity index (χ4v) is 4.51. The summed E-state index contributed by atoms with van der Waals surface area (Å²) >= 11 is 0.